The molecule has 1 saturated heterocycles. The lowest BCUT2D eigenvalue weighted by Crippen LogP contribution is -2.28. The van der Waals surface area contributed by atoms with Crippen molar-refractivity contribution in [2.24, 2.45) is 5.92 Å². The van der Waals surface area contributed by atoms with E-state index in [0.29, 0.717) is 19.1 Å². The van der Waals surface area contributed by atoms with Crippen LogP contribution in [0.3, 0.4) is 0 Å². The summed E-state index contributed by atoms with van der Waals surface area (Å²) in [6.07, 6.45) is 0.948. The first-order valence-corrected chi connectivity index (χ1v) is 11.6. The second-order valence-electron chi connectivity index (χ2n) is 8.08. The Bertz CT molecular complexity index is 987. The third kappa shape index (κ3) is 4.81. The topological polar surface area (TPSA) is 73.5 Å². The summed E-state index contributed by atoms with van der Waals surface area (Å²) in [5.74, 6) is 1.25. The Hall–Kier alpha value is -2.05. The van der Waals surface area contributed by atoms with Crippen LogP contribution in [0.4, 0.5) is 5.95 Å². The number of hydrogen-bond donors (Lipinski definition) is 1. The Balaban J connectivity index is 1.67. The Morgan fingerprint density at radius 1 is 1.27 bits per heavy atom. The molecular weight excluding hydrogens is 399 g/mol. The first-order chi connectivity index (χ1) is 14.5. The standard InChI is InChI=1S/C22H29N4O3P/c1-15(2)12-19(14-29-30-27-10-11-28-30)23-22-24-20(18-8-6-5-7-9-18)21-16(3)13-17(4)25-26(21)22/h5-9,13,15,19H,10-12,14H2,1-4H3,(H,23,24)/p+1. The van der Waals surface area contributed by atoms with Gasteiger partial charge in [0.05, 0.1) is 23.9 Å². The number of anilines is 1. The Kier molecular flexibility index (Phi) is 6.64. The van der Waals surface area contributed by atoms with Crippen molar-refractivity contribution in [2.45, 2.75) is 40.2 Å². The van der Waals surface area contributed by atoms with Crippen LogP contribution in [0.15, 0.2) is 36.4 Å². The predicted octanol–water partition coefficient (Wildman–Crippen LogP) is 4.64. The molecule has 0 radical (unpaired) electrons. The molecule has 2 aromatic heterocycles. The van der Waals surface area contributed by atoms with Gasteiger partial charge in [-0.25, -0.2) is 4.98 Å². The molecule has 0 amide bonds. The first kappa shape index (κ1) is 21.2. The van der Waals surface area contributed by atoms with E-state index in [9.17, 15) is 0 Å². The van der Waals surface area contributed by atoms with Crippen molar-refractivity contribution in [1.29, 1.82) is 0 Å². The number of benzene rings is 1. The lowest BCUT2D eigenvalue weighted by Gasteiger charge is -2.20. The van der Waals surface area contributed by atoms with Crippen LogP contribution in [0.2, 0.25) is 0 Å². The van der Waals surface area contributed by atoms with Crippen molar-refractivity contribution >= 4 is 20.1 Å². The molecule has 7 nitrogen and oxygen atoms in total. The van der Waals surface area contributed by atoms with Gasteiger partial charge in [0.2, 0.25) is 5.95 Å². The van der Waals surface area contributed by atoms with Crippen LogP contribution < -0.4 is 5.32 Å². The Morgan fingerprint density at radius 3 is 2.77 bits per heavy atom. The van der Waals surface area contributed by atoms with Gasteiger partial charge in [0, 0.05) is 5.56 Å². The molecule has 2 unspecified atom stereocenters. The van der Waals surface area contributed by atoms with Crippen molar-refractivity contribution in [2.75, 3.05) is 25.1 Å². The maximum atomic E-state index is 5.95. The number of imidazole rings is 1. The SMILES string of the molecule is Cc1cc(C)c2c(-c3ccccc3)nc(NC(COP3OCC[OH+]3)CC(C)C)n2n1. The Morgan fingerprint density at radius 2 is 2.07 bits per heavy atom. The Labute approximate surface area is 178 Å². The summed E-state index contributed by atoms with van der Waals surface area (Å²) in [6.45, 7) is 10.4. The number of nitrogens with one attached hydrogen (secondary N) is 1. The molecule has 1 fully saturated rings. The van der Waals surface area contributed by atoms with Crippen LogP contribution in [0, 0.1) is 19.8 Å². The zero-order valence-electron chi connectivity index (χ0n) is 18.0. The molecule has 160 valence electrons. The van der Waals surface area contributed by atoms with Crippen LogP contribution in [0.25, 0.3) is 16.8 Å². The minimum absolute atomic E-state index is 0.0868. The fraction of sp³-hybridized carbons (Fsp3) is 0.455. The quantitative estimate of drug-likeness (QED) is 0.417. The van der Waals surface area contributed by atoms with Gasteiger partial charge in [-0.1, -0.05) is 44.2 Å². The van der Waals surface area contributed by atoms with Gasteiger partial charge in [0.15, 0.2) is 6.61 Å². The van der Waals surface area contributed by atoms with E-state index in [1.807, 2.05) is 29.6 Å². The molecule has 0 saturated carbocycles. The van der Waals surface area contributed by atoms with Crippen LogP contribution >= 0.6 is 8.60 Å². The molecule has 0 bridgehead atoms. The van der Waals surface area contributed by atoms with Gasteiger partial charge in [-0.3, -0.25) is 9.05 Å². The largest absolute Gasteiger partial charge is 0.536 e. The summed E-state index contributed by atoms with van der Waals surface area (Å²) in [6, 6.07) is 12.4. The summed E-state index contributed by atoms with van der Waals surface area (Å²) in [5, 5.41) is 8.36. The molecule has 2 N–H and O–H groups in total. The smallest absolute Gasteiger partial charge is 0.377 e. The van der Waals surface area contributed by atoms with Gasteiger partial charge in [0.1, 0.15) is 12.3 Å². The minimum Gasteiger partial charge on any atom is -0.377 e. The molecule has 1 aromatic carbocycles. The van der Waals surface area contributed by atoms with Gasteiger partial charge in [-0.05, 0) is 37.8 Å². The molecule has 0 spiro atoms. The molecule has 8 heteroatoms. The van der Waals surface area contributed by atoms with E-state index in [0.717, 1.165) is 47.0 Å². The summed E-state index contributed by atoms with van der Waals surface area (Å²) in [7, 11) is -1.11. The molecule has 2 atom stereocenters. The zero-order chi connectivity index (χ0) is 21.1. The molecular formula is C22H30N4O3P+. The lowest BCUT2D eigenvalue weighted by molar-refractivity contribution is 0.144. The molecule has 1 aliphatic rings. The van der Waals surface area contributed by atoms with Crippen molar-refractivity contribution < 1.29 is 13.6 Å². The van der Waals surface area contributed by atoms with E-state index in [1.165, 1.54) is 0 Å². The zero-order valence-corrected chi connectivity index (χ0v) is 18.9. The highest BCUT2D eigenvalue weighted by Crippen LogP contribution is 2.41. The van der Waals surface area contributed by atoms with E-state index in [4.69, 9.17) is 19.1 Å². The maximum Gasteiger partial charge on any atom is 0.536 e. The fourth-order valence-electron chi connectivity index (χ4n) is 3.76. The minimum atomic E-state index is -1.11. The summed E-state index contributed by atoms with van der Waals surface area (Å²) in [4.78, 5) is 4.97. The second kappa shape index (κ2) is 9.40. The van der Waals surface area contributed by atoms with Crippen LogP contribution in [-0.4, -0.2) is 45.0 Å². The van der Waals surface area contributed by atoms with E-state index >= 15 is 0 Å². The van der Waals surface area contributed by atoms with Gasteiger partial charge in [0.25, 0.3) is 0 Å². The lowest BCUT2D eigenvalue weighted by atomic mass is 10.0. The third-order valence-electron chi connectivity index (χ3n) is 4.94. The molecule has 0 aliphatic carbocycles. The number of nitrogens with zero attached hydrogens (tertiary/aromatic N) is 3. The van der Waals surface area contributed by atoms with Crippen molar-refractivity contribution in [1.82, 2.24) is 14.6 Å². The normalized spacial score (nSPS) is 17.7. The molecule has 3 heterocycles. The van der Waals surface area contributed by atoms with Crippen molar-refractivity contribution in [3.63, 3.8) is 0 Å². The maximum absolute atomic E-state index is 5.95. The van der Waals surface area contributed by atoms with Crippen LogP contribution in [0.1, 0.15) is 31.5 Å². The van der Waals surface area contributed by atoms with E-state index in [-0.39, 0.29) is 6.04 Å². The van der Waals surface area contributed by atoms with Gasteiger partial charge in [-0.15, -0.1) is 0 Å². The van der Waals surface area contributed by atoms with Crippen molar-refractivity contribution in [3.05, 3.63) is 47.7 Å². The highest BCUT2D eigenvalue weighted by atomic mass is 31.2. The molecule has 30 heavy (non-hydrogen) atoms. The number of aliphatic hydroxyl groups is 1. The van der Waals surface area contributed by atoms with Crippen LogP contribution in [0.5, 0.6) is 0 Å². The summed E-state index contributed by atoms with van der Waals surface area (Å²) in [5.41, 5.74) is 5.15. The van der Waals surface area contributed by atoms with Gasteiger partial charge >= 0.3 is 8.60 Å². The number of hydrogen-bond acceptors (Lipinski definition) is 5. The summed E-state index contributed by atoms with van der Waals surface area (Å²) >= 11 is 0. The molecule has 1 aliphatic heterocycles. The molecule has 4 rings (SSSR count). The molecule has 3 aromatic rings. The highest BCUT2D eigenvalue weighted by molar-refractivity contribution is 7.41. The average Bonchev–Trinajstić information content (AvgIpc) is 3.35. The number of fused-ring (bicyclic) bond motifs is 1. The average molecular weight is 429 g/mol. The van der Waals surface area contributed by atoms with E-state index in [1.54, 1.807) is 0 Å². The fourth-order valence-corrected chi connectivity index (χ4v) is 4.78. The number of aromatic nitrogens is 3. The van der Waals surface area contributed by atoms with E-state index in [2.05, 4.69) is 48.8 Å². The highest BCUT2D eigenvalue weighted by Gasteiger charge is 2.29. The predicted molar refractivity (Wildman–Crippen MR) is 121 cm³/mol. The number of aryl methyl sites for hydroxylation is 2. The van der Waals surface area contributed by atoms with E-state index < -0.39 is 8.60 Å². The summed E-state index contributed by atoms with van der Waals surface area (Å²) < 4.78 is 17.8. The van der Waals surface area contributed by atoms with Gasteiger partial charge < -0.3 is 9.84 Å². The number of rotatable bonds is 8. The van der Waals surface area contributed by atoms with Crippen molar-refractivity contribution in [3.8, 4) is 11.3 Å². The third-order valence-corrected chi connectivity index (χ3v) is 6.15. The first-order valence-electron chi connectivity index (χ1n) is 10.4. The monoisotopic (exact) mass is 429 g/mol. The van der Waals surface area contributed by atoms with Crippen LogP contribution in [-0.2, 0) is 9.05 Å². The van der Waals surface area contributed by atoms with Gasteiger partial charge in [-0.2, -0.15) is 9.61 Å². The second-order valence-corrected chi connectivity index (χ2v) is 9.36.